The van der Waals surface area contributed by atoms with E-state index < -0.39 is 33.5 Å². The van der Waals surface area contributed by atoms with Gasteiger partial charge in [-0.05, 0) is 81.3 Å². The van der Waals surface area contributed by atoms with Gasteiger partial charge in [-0.2, -0.15) is 13.2 Å². The smallest absolute Gasteiger partial charge is 0.340 e. The number of nitrogens with zero attached hydrogens (tertiary/aromatic N) is 1. The van der Waals surface area contributed by atoms with Crippen LogP contribution in [0.5, 0.6) is 0 Å². The summed E-state index contributed by atoms with van der Waals surface area (Å²) in [6.45, 7) is 7.24. The van der Waals surface area contributed by atoms with E-state index >= 15 is 0 Å². The van der Waals surface area contributed by atoms with Crippen LogP contribution in [0.3, 0.4) is 0 Å². The second kappa shape index (κ2) is 12.5. The molecule has 0 bridgehead atoms. The van der Waals surface area contributed by atoms with Gasteiger partial charge < -0.3 is 15.5 Å². The van der Waals surface area contributed by atoms with Crippen molar-refractivity contribution in [2.24, 2.45) is 11.8 Å². The molecule has 1 aliphatic heterocycles. The molecule has 2 aromatic carbocycles. The summed E-state index contributed by atoms with van der Waals surface area (Å²) in [6.07, 6.45) is -2.31. The second-order valence-corrected chi connectivity index (χ2v) is 13.7. The Hall–Kier alpha value is -2.92. The SMILES string of the molecule is Cc1ccc(S(=O)(=O)C[C@@H]2C[C@@H](NCC(C)C)CC[C@@H]2N2CC[C@H](NC(=O)c3cccc(C(F)(F)F)c3)C2=O)cc1. The van der Waals surface area contributed by atoms with Gasteiger partial charge in [-0.3, -0.25) is 9.59 Å². The maximum absolute atomic E-state index is 13.5. The fraction of sp³-hybridized carbons (Fsp3) is 0.533. The lowest BCUT2D eigenvalue weighted by Crippen LogP contribution is -2.52. The maximum Gasteiger partial charge on any atom is 0.416 e. The molecule has 1 saturated carbocycles. The van der Waals surface area contributed by atoms with E-state index in [2.05, 4.69) is 24.5 Å². The molecule has 2 aliphatic rings. The predicted molar refractivity (Wildman–Crippen MR) is 150 cm³/mol. The number of sulfone groups is 1. The number of aryl methyl sites for hydroxylation is 1. The summed E-state index contributed by atoms with van der Waals surface area (Å²) in [5.41, 5.74) is -0.159. The molecule has 41 heavy (non-hydrogen) atoms. The largest absolute Gasteiger partial charge is 0.416 e. The molecule has 4 rings (SSSR count). The first-order valence-electron chi connectivity index (χ1n) is 14.1. The molecule has 1 aliphatic carbocycles. The standard InChI is InChI=1S/C30H38F3N3O4S/c1-19(2)17-34-24-9-12-27(22(16-24)18-41(39,40)25-10-7-20(3)8-11-25)36-14-13-26(29(36)38)35-28(37)21-5-4-6-23(15-21)30(31,32)33/h4-8,10-11,15,19,22,24,26-27,34H,9,12-14,16-18H2,1-3H3,(H,35,37)/t22-,24-,26-,27-/m0/s1. The number of carbonyl (C=O) groups excluding carboxylic acids is 2. The van der Waals surface area contributed by atoms with Gasteiger partial charge in [0.1, 0.15) is 6.04 Å². The van der Waals surface area contributed by atoms with Crippen molar-refractivity contribution >= 4 is 21.7 Å². The van der Waals surface area contributed by atoms with E-state index in [1.807, 2.05) is 6.92 Å². The maximum atomic E-state index is 13.5. The molecule has 7 nitrogen and oxygen atoms in total. The summed E-state index contributed by atoms with van der Waals surface area (Å²) in [6, 6.07) is 9.75. The number of nitrogens with one attached hydrogen (secondary N) is 2. The van der Waals surface area contributed by atoms with E-state index in [1.54, 1.807) is 29.2 Å². The molecule has 1 saturated heterocycles. The van der Waals surface area contributed by atoms with Crippen molar-refractivity contribution in [3.05, 3.63) is 65.2 Å². The normalized spacial score (nSPS) is 23.7. The molecule has 2 amide bonds. The lowest BCUT2D eigenvalue weighted by molar-refractivity contribution is -0.137. The van der Waals surface area contributed by atoms with Gasteiger partial charge in [0.2, 0.25) is 5.91 Å². The van der Waals surface area contributed by atoms with E-state index in [1.165, 1.54) is 6.07 Å². The summed E-state index contributed by atoms with van der Waals surface area (Å²) in [5.74, 6) is -1.07. The monoisotopic (exact) mass is 593 g/mol. The average Bonchev–Trinajstić information content (AvgIpc) is 3.26. The first kappa shape index (κ1) is 31.0. The molecule has 11 heteroatoms. The minimum Gasteiger partial charge on any atom is -0.340 e. The van der Waals surface area contributed by atoms with Crippen molar-refractivity contribution in [2.75, 3.05) is 18.8 Å². The van der Waals surface area contributed by atoms with Gasteiger partial charge in [-0.1, -0.05) is 37.6 Å². The molecule has 4 atom stereocenters. The number of benzene rings is 2. The van der Waals surface area contributed by atoms with E-state index in [4.69, 9.17) is 0 Å². The summed E-state index contributed by atoms with van der Waals surface area (Å²) >= 11 is 0. The Morgan fingerprint density at radius 3 is 2.44 bits per heavy atom. The minimum atomic E-state index is -4.59. The number of hydrogen-bond acceptors (Lipinski definition) is 5. The highest BCUT2D eigenvalue weighted by Gasteiger charge is 2.43. The Kier molecular flexibility index (Phi) is 9.48. The Labute approximate surface area is 239 Å². The van der Waals surface area contributed by atoms with Crippen molar-refractivity contribution in [1.29, 1.82) is 0 Å². The molecule has 224 valence electrons. The number of hydrogen-bond donors (Lipinski definition) is 2. The Balaban J connectivity index is 1.49. The summed E-state index contributed by atoms with van der Waals surface area (Å²) in [4.78, 5) is 28.2. The summed E-state index contributed by atoms with van der Waals surface area (Å²) in [7, 11) is -3.62. The molecule has 1 heterocycles. The zero-order chi connectivity index (χ0) is 29.9. The number of amides is 2. The quantitative estimate of drug-likeness (QED) is 0.443. The third-order valence-electron chi connectivity index (χ3n) is 7.97. The highest BCUT2D eigenvalue weighted by molar-refractivity contribution is 7.91. The molecule has 0 unspecified atom stereocenters. The Bertz CT molecular complexity index is 1350. The zero-order valence-corrected chi connectivity index (χ0v) is 24.4. The molecular weight excluding hydrogens is 555 g/mol. The van der Waals surface area contributed by atoms with Gasteiger partial charge in [-0.25, -0.2) is 8.42 Å². The van der Waals surface area contributed by atoms with Gasteiger partial charge in [0.05, 0.1) is 16.2 Å². The van der Waals surface area contributed by atoms with Crippen LogP contribution in [0.1, 0.15) is 61.0 Å². The van der Waals surface area contributed by atoms with Gasteiger partial charge in [0.15, 0.2) is 9.84 Å². The Morgan fingerprint density at radius 2 is 1.78 bits per heavy atom. The molecule has 0 spiro atoms. The molecule has 2 N–H and O–H groups in total. The van der Waals surface area contributed by atoms with Crippen LogP contribution in [0, 0.1) is 18.8 Å². The van der Waals surface area contributed by atoms with Crippen molar-refractivity contribution in [3.8, 4) is 0 Å². The number of alkyl halides is 3. The molecular formula is C30H38F3N3O4S. The van der Waals surface area contributed by atoms with Gasteiger partial charge >= 0.3 is 6.18 Å². The first-order valence-corrected chi connectivity index (χ1v) is 15.7. The highest BCUT2D eigenvalue weighted by atomic mass is 32.2. The van der Waals surface area contributed by atoms with Gasteiger partial charge in [0.25, 0.3) is 5.91 Å². The summed E-state index contributed by atoms with van der Waals surface area (Å²) in [5, 5.41) is 6.14. The zero-order valence-electron chi connectivity index (χ0n) is 23.6. The van der Waals surface area contributed by atoms with Crippen LogP contribution in [0.15, 0.2) is 53.4 Å². The van der Waals surface area contributed by atoms with Crippen molar-refractivity contribution in [3.63, 3.8) is 0 Å². The lowest BCUT2D eigenvalue weighted by atomic mass is 9.81. The molecule has 0 radical (unpaired) electrons. The van der Waals surface area contributed by atoms with Crippen LogP contribution in [-0.4, -0.2) is 62.1 Å². The first-order chi connectivity index (χ1) is 19.2. The fourth-order valence-electron chi connectivity index (χ4n) is 5.79. The van der Waals surface area contributed by atoms with Crippen molar-refractivity contribution in [2.45, 2.75) is 75.7 Å². The number of likely N-dealkylation sites (tertiary alicyclic amines) is 1. The number of carbonyl (C=O) groups is 2. The highest BCUT2D eigenvalue weighted by Crippen LogP contribution is 2.34. The van der Waals surface area contributed by atoms with Gasteiger partial charge in [0, 0.05) is 24.2 Å². The van der Waals surface area contributed by atoms with Crippen molar-refractivity contribution < 1.29 is 31.2 Å². The number of rotatable bonds is 9. The van der Waals surface area contributed by atoms with E-state index in [0.29, 0.717) is 31.7 Å². The average molecular weight is 594 g/mol. The number of halogens is 3. The van der Waals surface area contributed by atoms with Crippen LogP contribution in [0.25, 0.3) is 0 Å². The van der Waals surface area contributed by atoms with Crippen LogP contribution in [-0.2, 0) is 20.8 Å². The Morgan fingerprint density at radius 1 is 1.07 bits per heavy atom. The van der Waals surface area contributed by atoms with Crippen LogP contribution >= 0.6 is 0 Å². The van der Waals surface area contributed by atoms with E-state index in [0.717, 1.165) is 36.7 Å². The molecule has 2 fully saturated rings. The van der Waals surface area contributed by atoms with Crippen LogP contribution in [0.4, 0.5) is 13.2 Å². The lowest BCUT2D eigenvalue weighted by Gasteiger charge is -2.41. The van der Waals surface area contributed by atoms with E-state index in [9.17, 15) is 31.2 Å². The van der Waals surface area contributed by atoms with Gasteiger partial charge in [-0.15, -0.1) is 0 Å². The minimum absolute atomic E-state index is 0.106. The predicted octanol–water partition coefficient (Wildman–Crippen LogP) is 4.60. The van der Waals surface area contributed by atoms with Crippen LogP contribution in [0.2, 0.25) is 0 Å². The topological polar surface area (TPSA) is 95.6 Å². The van der Waals surface area contributed by atoms with Crippen molar-refractivity contribution in [1.82, 2.24) is 15.5 Å². The summed E-state index contributed by atoms with van der Waals surface area (Å²) < 4.78 is 66.2. The molecule has 2 aromatic rings. The fourth-order valence-corrected chi connectivity index (χ4v) is 7.46. The van der Waals surface area contributed by atoms with Crippen LogP contribution < -0.4 is 10.6 Å². The van der Waals surface area contributed by atoms with E-state index in [-0.39, 0.29) is 40.1 Å². The third kappa shape index (κ3) is 7.68. The molecule has 0 aromatic heterocycles. The second-order valence-electron chi connectivity index (χ2n) is 11.7. The third-order valence-corrected chi connectivity index (χ3v) is 9.83.